The first-order valence-electron chi connectivity index (χ1n) is 8.39. The molecular formula is C19H28O2. The van der Waals surface area contributed by atoms with Crippen LogP contribution in [0.5, 0.6) is 5.75 Å². The maximum atomic E-state index is 12.3. The molecule has 0 bridgehead atoms. The fourth-order valence-corrected chi connectivity index (χ4v) is 3.16. The minimum atomic E-state index is -0.0350. The zero-order chi connectivity index (χ0) is 15.2. The molecule has 2 heteroatoms. The predicted octanol–water partition coefficient (Wildman–Crippen LogP) is 5.21. The van der Waals surface area contributed by atoms with Crippen LogP contribution in [0.4, 0.5) is 0 Å². The smallest absolute Gasteiger partial charge is 0.314 e. The van der Waals surface area contributed by atoms with Crippen molar-refractivity contribution < 1.29 is 9.53 Å². The van der Waals surface area contributed by atoms with Gasteiger partial charge >= 0.3 is 5.97 Å². The molecule has 0 radical (unpaired) electrons. The summed E-state index contributed by atoms with van der Waals surface area (Å²) in [6.45, 7) is 6.36. The third-order valence-corrected chi connectivity index (χ3v) is 4.84. The summed E-state index contributed by atoms with van der Waals surface area (Å²) >= 11 is 0. The lowest BCUT2D eigenvalue weighted by atomic mass is 9.80. The third-order valence-electron chi connectivity index (χ3n) is 4.84. The number of carbonyl (C=O) groups excluding carboxylic acids is 1. The van der Waals surface area contributed by atoms with Crippen molar-refractivity contribution in [2.24, 2.45) is 11.8 Å². The number of rotatable bonds is 5. The monoisotopic (exact) mass is 288 g/mol. The number of aryl methyl sites for hydroxylation is 2. The van der Waals surface area contributed by atoms with E-state index >= 15 is 0 Å². The summed E-state index contributed by atoms with van der Waals surface area (Å²) in [5.41, 5.74) is 2.40. The van der Waals surface area contributed by atoms with Crippen molar-refractivity contribution in [3.63, 3.8) is 0 Å². The van der Waals surface area contributed by atoms with Crippen LogP contribution in [0.3, 0.4) is 0 Å². The number of hydrogen-bond donors (Lipinski definition) is 0. The lowest BCUT2D eigenvalue weighted by Gasteiger charge is -2.27. The van der Waals surface area contributed by atoms with Crippen LogP contribution in [-0.2, 0) is 4.79 Å². The molecular weight excluding hydrogens is 260 g/mol. The number of benzene rings is 1. The average molecular weight is 288 g/mol. The minimum absolute atomic E-state index is 0.0350. The second-order valence-corrected chi connectivity index (χ2v) is 6.53. The van der Waals surface area contributed by atoms with Gasteiger partial charge in [-0.2, -0.15) is 0 Å². The summed E-state index contributed by atoms with van der Waals surface area (Å²) in [5, 5.41) is 0. The molecule has 21 heavy (non-hydrogen) atoms. The molecule has 0 saturated heterocycles. The summed E-state index contributed by atoms with van der Waals surface area (Å²) in [5.74, 6) is 1.59. The highest BCUT2D eigenvalue weighted by Crippen LogP contribution is 2.33. The van der Waals surface area contributed by atoms with Gasteiger partial charge in [0.25, 0.3) is 0 Å². The van der Waals surface area contributed by atoms with Crippen LogP contribution < -0.4 is 4.74 Å². The normalized spacial score (nSPS) is 22.0. The summed E-state index contributed by atoms with van der Waals surface area (Å²) < 4.78 is 5.57. The van der Waals surface area contributed by atoms with Crippen molar-refractivity contribution in [1.82, 2.24) is 0 Å². The van der Waals surface area contributed by atoms with E-state index in [0.29, 0.717) is 5.75 Å². The van der Waals surface area contributed by atoms with Crippen LogP contribution in [0, 0.1) is 25.7 Å². The van der Waals surface area contributed by atoms with Crippen LogP contribution in [0.1, 0.15) is 63.0 Å². The Bertz CT molecular complexity index is 470. The zero-order valence-electron chi connectivity index (χ0n) is 13.7. The Hall–Kier alpha value is -1.31. The van der Waals surface area contributed by atoms with Crippen LogP contribution in [-0.4, -0.2) is 5.97 Å². The Kier molecular flexibility index (Phi) is 5.84. The molecule has 0 aliphatic heterocycles. The van der Waals surface area contributed by atoms with E-state index in [2.05, 4.69) is 13.8 Å². The third kappa shape index (κ3) is 4.59. The molecule has 1 aliphatic rings. The number of ether oxygens (including phenoxy) is 1. The molecule has 2 rings (SSSR count). The van der Waals surface area contributed by atoms with Gasteiger partial charge in [-0.05, 0) is 68.7 Å². The molecule has 0 amide bonds. The molecule has 0 heterocycles. The van der Waals surface area contributed by atoms with Crippen molar-refractivity contribution >= 4 is 5.97 Å². The van der Waals surface area contributed by atoms with Gasteiger partial charge in [0.05, 0.1) is 5.92 Å². The Labute approximate surface area is 128 Å². The number of carbonyl (C=O) groups is 1. The van der Waals surface area contributed by atoms with Crippen molar-refractivity contribution in [3.05, 3.63) is 29.3 Å². The zero-order valence-corrected chi connectivity index (χ0v) is 13.7. The molecule has 1 saturated carbocycles. The van der Waals surface area contributed by atoms with E-state index in [9.17, 15) is 4.79 Å². The van der Waals surface area contributed by atoms with Crippen molar-refractivity contribution in [3.8, 4) is 5.75 Å². The molecule has 2 nitrogen and oxygen atoms in total. The summed E-state index contributed by atoms with van der Waals surface area (Å²) in [7, 11) is 0. The minimum Gasteiger partial charge on any atom is -0.426 e. The lowest BCUT2D eigenvalue weighted by molar-refractivity contribution is -0.140. The van der Waals surface area contributed by atoms with Gasteiger partial charge in [-0.3, -0.25) is 4.79 Å². The second kappa shape index (κ2) is 7.63. The fraction of sp³-hybridized carbons (Fsp3) is 0.632. The van der Waals surface area contributed by atoms with Gasteiger partial charge in [0.1, 0.15) is 5.75 Å². The molecule has 1 aromatic rings. The first-order valence-corrected chi connectivity index (χ1v) is 8.39. The van der Waals surface area contributed by atoms with Crippen LogP contribution in [0.25, 0.3) is 0 Å². The van der Waals surface area contributed by atoms with Gasteiger partial charge in [0, 0.05) is 0 Å². The standard InChI is InChI=1S/C19H28O2/c1-4-5-6-16-8-10-17(11-9-16)19(20)21-18-12-7-14(2)15(3)13-18/h7,12-13,16-17H,4-6,8-11H2,1-3H3. The van der Waals surface area contributed by atoms with Gasteiger partial charge in [-0.25, -0.2) is 0 Å². The maximum absolute atomic E-state index is 12.3. The first-order chi connectivity index (χ1) is 10.1. The van der Waals surface area contributed by atoms with Crippen LogP contribution in [0.15, 0.2) is 18.2 Å². The highest BCUT2D eigenvalue weighted by Gasteiger charge is 2.27. The van der Waals surface area contributed by atoms with E-state index in [1.807, 2.05) is 25.1 Å². The molecule has 1 fully saturated rings. The summed E-state index contributed by atoms with van der Waals surface area (Å²) in [4.78, 5) is 12.3. The number of unbranched alkanes of at least 4 members (excludes halogenated alkanes) is 1. The predicted molar refractivity (Wildman–Crippen MR) is 86.5 cm³/mol. The molecule has 1 aliphatic carbocycles. The van der Waals surface area contributed by atoms with E-state index in [4.69, 9.17) is 4.74 Å². The molecule has 0 aromatic heterocycles. The van der Waals surface area contributed by atoms with Crippen molar-refractivity contribution in [2.45, 2.75) is 65.7 Å². The number of hydrogen-bond acceptors (Lipinski definition) is 2. The maximum Gasteiger partial charge on any atom is 0.314 e. The van der Waals surface area contributed by atoms with E-state index in [1.165, 1.54) is 43.2 Å². The molecule has 0 unspecified atom stereocenters. The van der Waals surface area contributed by atoms with Gasteiger partial charge in [0.2, 0.25) is 0 Å². The average Bonchev–Trinajstić information content (AvgIpc) is 2.49. The van der Waals surface area contributed by atoms with Crippen LogP contribution >= 0.6 is 0 Å². The van der Waals surface area contributed by atoms with Crippen molar-refractivity contribution in [2.75, 3.05) is 0 Å². The second-order valence-electron chi connectivity index (χ2n) is 6.53. The quantitative estimate of drug-likeness (QED) is 0.549. The number of esters is 1. The van der Waals surface area contributed by atoms with E-state index in [0.717, 1.165) is 18.8 Å². The Balaban J connectivity index is 1.83. The van der Waals surface area contributed by atoms with Gasteiger partial charge in [0.15, 0.2) is 0 Å². The van der Waals surface area contributed by atoms with Crippen molar-refractivity contribution in [1.29, 1.82) is 0 Å². The molecule has 116 valence electrons. The van der Waals surface area contributed by atoms with E-state index in [-0.39, 0.29) is 11.9 Å². The largest absolute Gasteiger partial charge is 0.426 e. The first kappa shape index (κ1) is 16.1. The van der Waals surface area contributed by atoms with Gasteiger partial charge < -0.3 is 4.74 Å². The Morgan fingerprint density at radius 2 is 1.86 bits per heavy atom. The lowest BCUT2D eigenvalue weighted by Crippen LogP contribution is -2.25. The molecule has 1 aromatic carbocycles. The van der Waals surface area contributed by atoms with E-state index in [1.54, 1.807) is 0 Å². The Morgan fingerprint density at radius 3 is 2.48 bits per heavy atom. The molecule has 0 spiro atoms. The highest BCUT2D eigenvalue weighted by atomic mass is 16.5. The summed E-state index contributed by atoms with van der Waals surface area (Å²) in [6.07, 6.45) is 8.29. The topological polar surface area (TPSA) is 26.3 Å². The fourth-order valence-electron chi connectivity index (χ4n) is 3.16. The Morgan fingerprint density at radius 1 is 1.14 bits per heavy atom. The SMILES string of the molecule is CCCCC1CCC(C(=O)Oc2ccc(C)c(C)c2)CC1. The highest BCUT2D eigenvalue weighted by molar-refractivity contribution is 5.75. The molecule has 0 atom stereocenters. The van der Waals surface area contributed by atoms with Gasteiger partial charge in [-0.15, -0.1) is 0 Å². The van der Waals surface area contributed by atoms with E-state index < -0.39 is 0 Å². The summed E-state index contributed by atoms with van der Waals surface area (Å²) in [6, 6.07) is 5.87. The van der Waals surface area contributed by atoms with Gasteiger partial charge in [-0.1, -0.05) is 32.3 Å². The van der Waals surface area contributed by atoms with Crippen LogP contribution in [0.2, 0.25) is 0 Å². The molecule has 0 N–H and O–H groups in total.